The van der Waals surface area contributed by atoms with E-state index in [0.717, 1.165) is 25.3 Å². The fourth-order valence-corrected chi connectivity index (χ4v) is 2.94. The Labute approximate surface area is 162 Å². The van der Waals surface area contributed by atoms with Crippen molar-refractivity contribution in [3.05, 3.63) is 71.8 Å². The number of benzene rings is 2. The lowest BCUT2D eigenvalue weighted by atomic mass is 10.1. The highest BCUT2D eigenvalue weighted by Crippen LogP contribution is 2.40. The lowest BCUT2D eigenvalue weighted by Gasteiger charge is -2.12. The first-order valence-corrected chi connectivity index (χ1v) is 8.43. The number of halogens is 1. The number of guanidine groups is 1. The molecule has 0 saturated heterocycles. The first-order valence-electron chi connectivity index (χ1n) is 8.43. The van der Waals surface area contributed by atoms with Crippen molar-refractivity contribution in [2.24, 2.45) is 4.99 Å². The smallest absolute Gasteiger partial charge is 0.191 e. The third-order valence-electron chi connectivity index (χ3n) is 4.34. The summed E-state index contributed by atoms with van der Waals surface area (Å²) in [5.74, 6) is 1.54. The fraction of sp³-hybridized carbons (Fsp3) is 0.350. The van der Waals surface area contributed by atoms with Gasteiger partial charge in [0.25, 0.3) is 0 Å². The molecule has 128 valence electrons. The fourth-order valence-electron chi connectivity index (χ4n) is 2.94. The van der Waals surface area contributed by atoms with Gasteiger partial charge in [-0.2, -0.15) is 0 Å². The summed E-state index contributed by atoms with van der Waals surface area (Å²) in [5, 5.41) is 6.95. The predicted molar refractivity (Wildman–Crippen MR) is 112 cm³/mol. The van der Waals surface area contributed by atoms with Crippen LogP contribution in [0.3, 0.4) is 0 Å². The lowest BCUT2D eigenvalue weighted by molar-refractivity contribution is 0.736. The molecule has 3 nitrogen and oxygen atoms in total. The van der Waals surface area contributed by atoms with Crippen molar-refractivity contribution in [1.29, 1.82) is 0 Å². The Bertz CT molecular complexity index is 628. The summed E-state index contributed by atoms with van der Waals surface area (Å²) in [4.78, 5) is 4.34. The van der Waals surface area contributed by atoms with Gasteiger partial charge in [0.05, 0.1) is 0 Å². The SMILES string of the molecule is CN=C(NCCCc1ccccc1)NC1CC1c1ccccc1.I. The van der Waals surface area contributed by atoms with E-state index in [9.17, 15) is 0 Å². The summed E-state index contributed by atoms with van der Waals surface area (Å²) in [7, 11) is 1.84. The van der Waals surface area contributed by atoms with Crippen molar-refractivity contribution < 1.29 is 0 Å². The van der Waals surface area contributed by atoms with E-state index in [1.54, 1.807) is 0 Å². The van der Waals surface area contributed by atoms with Crippen molar-refractivity contribution in [3.8, 4) is 0 Å². The maximum atomic E-state index is 4.34. The Morgan fingerprint density at radius 3 is 2.38 bits per heavy atom. The summed E-state index contributed by atoms with van der Waals surface area (Å²) < 4.78 is 0. The quantitative estimate of drug-likeness (QED) is 0.312. The van der Waals surface area contributed by atoms with Gasteiger partial charge < -0.3 is 10.6 Å². The summed E-state index contributed by atoms with van der Waals surface area (Å²) in [6.45, 7) is 0.942. The molecule has 2 aromatic carbocycles. The molecule has 2 unspecified atom stereocenters. The van der Waals surface area contributed by atoms with Crippen LogP contribution in [0.5, 0.6) is 0 Å². The third-order valence-corrected chi connectivity index (χ3v) is 4.34. The highest BCUT2D eigenvalue weighted by molar-refractivity contribution is 14.0. The maximum Gasteiger partial charge on any atom is 0.191 e. The van der Waals surface area contributed by atoms with Gasteiger partial charge in [-0.3, -0.25) is 4.99 Å². The van der Waals surface area contributed by atoms with Crippen LogP contribution in [0.2, 0.25) is 0 Å². The minimum atomic E-state index is 0. The molecule has 0 radical (unpaired) electrons. The number of rotatable bonds is 6. The number of nitrogens with zero attached hydrogens (tertiary/aromatic N) is 1. The van der Waals surface area contributed by atoms with Gasteiger partial charge >= 0.3 is 0 Å². The van der Waals surface area contributed by atoms with Crippen LogP contribution in [0, 0.1) is 0 Å². The molecule has 2 aromatic rings. The molecule has 24 heavy (non-hydrogen) atoms. The van der Waals surface area contributed by atoms with Crippen molar-refractivity contribution in [1.82, 2.24) is 10.6 Å². The molecular formula is C20H26IN3. The molecule has 4 heteroatoms. The minimum Gasteiger partial charge on any atom is -0.356 e. The van der Waals surface area contributed by atoms with Crippen LogP contribution in [0.1, 0.15) is 29.9 Å². The maximum absolute atomic E-state index is 4.34. The summed E-state index contributed by atoms with van der Waals surface area (Å²) in [6, 6.07) is 21.9. The number of hydrogen-bond donors (Lipinski definition) is 2. The van der Waals surface area contributed by atoms with E-state index in [0.29, 0.717) is 12.0 Å². The molecule has 1 saturated carbocycles. The van der Waals surface area contributed by atoms with Gasteiger partial charge in [0, 0.05) is 25.6 Å². The van der Waals surface area contributed by atoms with Gasteiger partial charge in [-0.1, -0.05) is 60.7 Å². The molecule has 2 N–H and O–H groups in total. The largest absolute Gasteiger partial charge is 0.356 e. The van der Waals surface area contributed by atoms with Gasteiger partial charge in [0.1, 0.15) is 0 Å². The molecule has 1 aliphatic rings. The molecule has 0 aliphatic heterocycles. The second-order valence-corrected chi connectivity index (χ2v) is 6.09. The normalized spacial score (nSPS) is 19.3. The van der Waals surface area contributed by atoms with Crippen LogP contribution in [0.4, 0.5) is 0 Å². The van der Waals surface area contributed by atoms with Gasteiger partial charge in [-0.15, -0.1) is 24.0 Å². The Morgan fingerprint density at radius 1 is 1.04 bits per heavy atom. The summed E-state index contributed by atoms with van der Waals surface area (Å²) in [6.07, 6.45) is 3.40. The standard InChI is InChI=1S/C20H25N3.HI/c1-21-20(22-14-8-11-16-9-4-2-5-10-16)23-19-15-18(19)17-12-6-3-7-13-17;/h2-7,9-10,12-13,18-19H,8,11,14-15H2,1H3,(H2,21,22,23);1H. The molecule has 0 spiro atoms. The minimum absolute atomic E-state index is 0. The first-order chi connectivity index (χ1) is 11.4. The monoisotopic (exact) mass is 435 g/mol. The molecule has 0 heterocycles. The average molecular weight is 435 g/mol. The third kappa shape index (κ3) is 5.51. The van der Waals surface area contributed by atoms with E-state index < -0.39 is 0 Å². The van der Waals surface area contributed by atoms with Crippen LogP contribution in [-0.2, 0) is 6.42 Å². The topological polar surface area (TPSA) is 36.4 Å². The number of nitrogens with one attached hydrogen (secondary N) is 2. The first kappa shape index (κ1) is 18.8. The molecule has 0 bridgehead atoms. The number of hydrogen-bond acceptors (Lipinski definition) is 1. The van der Waals surface area contributed by atoms with E-state index in [1.807, 2.05) is 7.05 Å². The van der Waals surface area contributed by atoms with E-state index in [1.165, 1.54) is 17.5 Å². The predicted octanol–water partition coefficient (Wildman–Crippen LogP) is 3.96. The molecule has 3 rings (SSSR count). The second-order valence-electron chi connectivity index (χ2n) is 6.09. The van der Waals surface area contributed by atoms with Crippen molar-refractivity contribution >= 4 is 29.9 Å². The zero-order chi connectivity index (χ0) is 15.9. The highest BCUT2D eigenvalue weighted by Gasteiger charge is 2.38. The molecule has 2 atom stereocenters. The molecule has 1 fully saturated rings. The molecule has 0 aromatic heterocycles. The van der Waals surface area contributed by atoms with E-state index in [-0.39, 0.29) is 24.0 Å². The van der Waals surface area contributed by atoms with Gasteiger partial charge in [0.15, 0.2) is 5.96 Å². The van der Waals surface area contributed by atoms with Crippen LogP contribution >= 0.6 is 24.0 Å². The van der Waals surface area contributed by atoms with Crippen LogP contribution < -0.4 is 10.6 Å². The number of aryl methyl sites for hydroxylation is 1. The molecular weight excluding hydrogens is 409 g/mol. The molecule has 0 amide bonds. The Morgan fingerprint density at radius 2 is 1.71 bits per heavy atom. The van der Waals surface area contributed by atoms with Crippen molar-refractivity contribution in [2.75, 3.05) is 13.6 Å². The van der Waals surface area contributed by atoms with Gasteiger partial charge in [0.2, 0.25) is 0 Å². The lowest BCUT2D eigenvalue weighted by Crippen LogP contribution is -2.39. The van der Waals surface area contributed by atoms with E-state index in [4.69, 9.17) is 0 Å². The zero-order valence-electron chi connectivity index (χ0n) is 14.1. The summed E-state index contributed by atoms with van der Waals surface area (Å²) in [5.41, 5.74) is 2.81. The van der Waals surface area contributed by atoms with Crippen molar-refractivity contribution in [3.63, 3.8) is 0 Å². The summed E-state index contributed by atoms with van der Waals surface area (Å²) >= 11 is 0. The van der Waals surface area contributed by atoms with E-state index >= 15 is 0 Å². The van der Waals surface area contributed by atoms with Crippen LogP contribution in [0.25, 0.3) is 0 Å². The number of aliphatic imine (C=N–C) groups is 1. The van der Waals surface area contributed by atoms with Gasteiger partial charge in [-0.05, 0) is 30.4 Å². The van der Waals surface area contributed by atoms with Crippen molar-refractivity contribution in [2.45, 2.75) is 31.2 Å². The average Bonchev–Trinajstić information content (AvgIpc) is 3.38. The molecule has 1 aliphatic carbocycles. The highest BCUT2D eigenvalue weighted by atomic mass is 127. The van der Waals surface area contributed by atoms with E-state index in [2.05, 4.69) is 76.3 Å². The Kier molecular flexibility index (Phi) is 7.56. The Balaban J connectivity index is 0.00000208. The zero-order valence-corrected chi connectivity index (χ0v) is 16.4. The van der Waals surface area contributed by atoms with Gasteiger partial charge in [-0.25, -0.2) is 0 Å². The second kappa shape index (κ2) is 9.67. The van der Waals surface area contributed by atoms with Crippen LogP contribution in [0.15, 0.2) is 65.7 Å². The van der Waals surface area contributed by atoms with Crippen LogP contribution in [-0.4, -0.2) is 25.6 Å². The Hall–Kier alpha value is -1.56.